The van der Waals surface area contributed by atoms with Crippen molar-refractivity contribution in [3.8, 4) is 0 Å². The Balaban J connectivity index is 2.28. The molecular formula is C18H32N6O2. The first kappa shape index (κ1) is 21.7. The molecule has 0 amide bonds. The quantitative estimate of drug-likeness (QED) is 0.194. The van der Waals surface area contributed by atoms with Crippen LogP contribution in [0.3, 0.4) is 0 Å². The Morgan fingerprint density at radius 1 is 1.08 bits per heavy atom. The van der Waals surface area contributed by atoms with Gasteiger partial charge in [-0.2, -0.15) is 0 Å². The van der Waals surface area contributed by atoms with Crippen molar-refractivity contribution in [1.82, 2.24) is 15.5 Å². The van der Waals surface area contributed by atoms with Crippen LogP contribution in [0.5, 0.6) is 0 Å². The predicted octanol–water partition coefficient (Wildman–Crippen LogP) is 2.29. The summed E-state index contributed by atoms with van der Waals surface area (Å²) in [5, 5.41) is 20.4. The van der Waals surface area contributed by atoms with E-state index in [1.54, 1.807) is 19.2 Å². The summed E-state index contributed by atoms with van der Waals surface area (Å²) in [4.78, 5) is 16.9. The number of nitro groups is 1. The monoisotopic (exact) mass is 364 g/mol. The highest BCUT2D eigenvalue weighted by Gasteiger charge is 2.12. The molecule has 0 bridgehead atoms. The van der Waals surface area contributed by atoms with E-state index in [9.17, 15) is 10.1 Å². The zero-order valence-corrected chi connectivity index (χ0v) is 16.5. The summed E-state index contributed by atoms with van der Waals surface area (Å²) in [6.07, 6.45) is 0. The molecule has 8 heteroatoms. The molecule has 3 N–H and O–H groups in total. The van der Waals surface area contributed by atoms with Crippen LogP contribution in [-0.4, -0.2) is 61.1 Å². The Bertz CT molecular complexity index is 564. The van der Waals surface area contributed by atoms with E-state index < -0.39 is 4.92 Å². The molecular weight excluding hydrogens is 332 g/mol. The third-order valence-electron chi connectivity index (χ3n) is 4.04. The largest absolute Gasteiger partial charge is 0.383 e. The van der Waals surface area contributed by atoms with E-state index >= 15 is 0 Å². The lowest BCUT2D eigenvalue weighted by molar-refractivity contribution is -0.384. The second-order valence-electron chi connectivity index (χ2n) is 6.58. The molecule has 1 aromatic carbocycles. The first-order valence-electron chi connectivity index (χ1n) is 9.03. The number of nitrogens with zero attached hydrogens (tertiary/aromatic N) is 3. The van der Waals surface area contributed by atoms with E-state index in [2.05, 4.69) is 53.5 Å². The SMILES string of the molecule is CN=C(NCCNc1ccc([N+](=O)[O-])cc1)NCCN(C(C)C)C(C)C. The standard InChI is InChI=1S/C18H32N6O2/c1-14(2)23(15(3)4)13-12-22-18(19-5)21-11-10-20-16-6-8-17(9-7-16)24(25)26/h6-9,14-15,20H,10-13H2,1-5H3,(H2,19,21,22). The predicted molar refractivity (Wildman–Crippen MR) is 108 cm³/mol. The Morgan fingerprint density at radius 3 is 2.15 bits per heavy atom. The molecule has 1 aromatic rings. The number of nitrogens with one attached hydrogen (secondary N) is 3. The number of guanidine groups is 1. The molecule has 0 atom stereocenters. The van der Waals surface area contributed by atoms with E-state index in [0.717, 1.165) is 24.7 Å². The summed E-state index contributed by atoms with van der Waals surface area (Å²) in [7, 11) is 1.75. The third kappa shape index (κ3) is 7.69. The third-order valence-corrected chi connectivity index (χ3v) is 4.04. The summed E-state index contributed by atoms with van der Waals surface area (Å²) >= 11 is 0. The van der Waals surface area contributed by atoms with Crippen molar-refractivity contribution < 1.29 is 4.92 Å². The van der Waals surface area contributed by atoms with Crippen LogP contribution in [0.4, 0.5) is 11.4 Å². The van der Waals surface area contributed by atoms with Crippen molar-refractivity contribution in [1.29, 1.82) is 0 Å². The van der Waals surface area contributed by atoms with Gasteiger partial charge in [0.2, 0.25) is 0 Å². The fourth-order valence-electron chi connectivity index (χ4n) is 2.73. The van der Waals surface area contributed by atoms with Gasteiger partial charge in [-0.3, -0.25) is 20.0 Å². The summed E-state index contributed by atoms with van der Waals surface area (Å²) < 4.78 is 0. The van der Waals surface area contributed by atoms with Crippen LogP contribution < -0.4 is 16.0 Å². The van der Waals surface area contributed by atoms with Crippen molar-refractivity contribution in [2.75, 3.05) is 38.5 Å². The molecule has 0 spiro atoms. The fraction of sp³-hybridized carbons (Fsp3) is 0.611. The summed E-state index contributed by atoms with van der Waals surface area (Å²) in [5.41, 5.74) is 0.944. The van der Waals surface area contributed by atoms with Gasteiger partial charge in [0, 0.05) is 63.1 Å². The lowest BCUT2D eigenvalue weighted by Gasteiger charge is -2.30. The zero-order valence-electron chi connectivity index (χ0n) is 16.5. The molecule has 0 fully saturated rings. The first-order valence-corrected chi connectivity index (χ1v) is 9.03. The van der Waals surface area contributed by atoms with Gasteiger partial charge in [0.25, 0.3) is 5.69 Å². The van der Waals surface area contributed by atoms with Gasteiger partial charge in [-0.25, -0.2) is 0 Å². The van der Waals surface area contributed by atoms with E-state index in [0.29, 0.717) is 25.2 Å². The van der Waals surface area contributed by atoms with Crippen LogP contribution >= 0.6 is 0 Å². The normalized spacial score (nSPS) is 11.9. The highest BCUT2D eigenvalue weighted by molar-refractivity contribution is 5.79. The molecule has 0 aliphatic rings. The maximum absolute atomic E-state index is 10.6. The molecule has 0 aliphatic carbocycles. The lowest BCUT2D eigenvalue weighted by atomic mass is 10.2. The average molecular weight is 364 g/mol. The van der Waals surface area contributed by atoms with Gasteiger partial charge in [0.05, 0.1) is 4.92 Å². The Kier molecular flexibility index (Phi) is 9.43. The van der Waals surface area contributed by atoms with Gasteiger partial charge in [0.15, 0.2) is 5.96 Å². The van der Waals surface area contributed by atoms with Gasteiger partial charge < -0.3 is 16.0 Å². The van der Waals surface area contributed by atoms with Gasteiger partial charge in [-0.15, -0.1) is 0 Å². The fourth-order valence-corrected chi connectivity index (χ4v) is 2.73. The van der Waals surface area contributed by atoms with Crippen LogP contribution in [-0.2, 0) is 0 Å². The highest BCUT2D eigenvalue weighted by Crippen LogP contribution is 2.14. The molecule has 8 nitrogen and oxygen atoms in total. The molecule has 146 valence electrons. The minimum absolute atomic E-state index is 0.0927. The van der Waals surface area contributed by atoms with Crippen molar-refractivity contribution in [3.05, 3.63) is 34.4 Å². The first-order chi connectivity index (χ1) is 12.3. The minimum atomic E-state index is -0.402. The topological polar surface area (TPSA) is 94.8 Å². The smallest absolute Gasteiger partial charge is 0.269 e. The molecule has 26 heavy (non-hydrogen) atoms. The Morgan fingerprint density at radius 2 is 1.65 bits per heavy atom. The number of aliphatic imine (C=N–C) groups is 1. The van der Waals surface area contributed by atoms with Gasteiger partial charge in [0.1, 0.15) is 0 Å². The van der Waals surface area contributed by atoms with Crippen LogP contribution in [0.15, 0.2) is 29.3 Å². The minimum Gasteiger partial charge on any atom is -0.383 e. The van der Waals surface area contributed by atoms with Crippen molar-refractivity contribution >= 4 is 17.3 Å². The molecule has 0 saturated heterocycles. The summed E-state index contributed by atoms with van der Waals surface area (Å²) in [6.45, 7) is 12.0. The lowest BCUT2D eigenvalue weighted by Crippen LogP contribution is -2.46. The number of nitro benzene ring substituents is 1. The number of hydrogen-bond donors (Lipinski definition) is 3. The van der Waals surface area contributed by atoms with Crippen LogP contribution in [0.1, 0.15) is 27.7 Å². The number of anilines is 1. The Labute approximate surface area is 156 Å². The zero-order chi connectivity index (χ0) is 19.5. The summed E-state index contributed by atoms with van der Waals surface area (Å²) in [6, 6.07) is 7.42. The second-order valence-corrected chi connectivity index (χ2v) is 6.58. The molecule has 0 heterocycles. The van der Waals surface area contributed by atoms with Crippen molar-refractivity contribution in [2.24, 2.45) is 4.99 Å². The maximum Gasteiger partial charge on any atom is 0.269 e. The van der Waals surface area contributed by atoms with Crippen LogP contribution in [0.25, 0.3) is 0 Å². The van der Waals surface area contributed by atoms with Crippen LogP contribution in [0, 0.1) is 10.1 Å². The molecule has 0 unspecified atom stereocenters. The Hall–Kier alpha value is -2.35. The van der Waals surface area contributed by atoms with Crippen LogP contribution in [0.2, 0.25) is 0 Å². The molecule has 0 aliphatic heterocycles. The van der Waals surface area contributed by atoms with E-state index in [1.807, 2.05) is 0 Å². The van der Waals surface area contributed by atoms with E-state index in [1.165, 1.54) is 12.1 Å². The van der Waals surface area contributed by atoms with Gasteiger partial charge in [-0.1, -0.05) is 0 Å². The maximum atomic E-state index is 10.6. The number of benzene rings is 1. The number of rotatable bonds is 10. The molecule has 0 radical (unpaired) electrons. The van der Waals surface area contributed by atoms with E-state index in [-0.39, 0.29) is 5.69 Å². The molecule has 1 rings (SSSR count). The number of non-ortho nitro benzene ring substituents is 1. The van der Waals surface area contributed by atoms with Crippen molar-refractivity contribution in [3.63, 3.8) is 0 Å². The van der Waals surface area contributed by atoms with Gasteiger partial charge in [-0.05, 0) is 39.8 Å². The average Bonchev–Trinajstić information content (AvgIpc) is 2.60. The van der Waals surface area contributed by atoms with E-state index in [4.69, 9.17) is 0 Å². The van der Waals surface area contributed by atoms with Crippen molar-refractivity contribution in [2.45, 2.75) is 39.8 Å². The van der Waals surface area contributed by atoms with Gasteiger partial charge >= 0.3 is 0 Å². The number of hydrogen-bond acceptors (Lipinski definition) is 5. The highest BCUT2D eigenvalue weighted by atomic mass is 16.6. The molecule has 0 saturated carbocycles. The molecule has 0 aromatic heterocycles. The second kappa shape index (κ2) is 11.3. The summed E-state index contributed by atoms with van der Waals surface area (Å²) in [5.74, 6) is 0.767.